The first-order valence-electron chi connectivity index (χ1n) is 8.03. The highest BCUT2D eigenvalue weighted by atomic mass is 32.1. The van der Waals surface area contributed by atoms with Crippen LogP contribution in [-0.4, -0.2) is 24.9 Å². The largest absolute Gasteiger partial charge is 0.493 e. The Balaban J connectivity index is 1.66. The summed E-state index contributed by atoms with van der Waals surface area (Å²) in [4.78, 5) is 27.8. The van der Waals surface area contributed by atoms with E-state index < -0.39 is 9.85 Å². The molecule has 29 heavy (non-hydrogen) atoms. The second kappa shape index (κ2) is 7.09. The molecular weight excluding hydrogens is 400 g/mol. The lowest BCUT2D eigenvalue weighted by Gasteiger charge is -1.96. The molecule has 0 atom stereocenters. The molecule has 144 valence electrons. The molecule has 0 aliphatic carbocycles. The minimum absolute atomic E-state index is 0.0517. The van der Waals surface area contributed by atoms with Gasteiger partial charge in [-0.05, 0) is 6.07 Å². The fraction of sp³-hybridized carbons (Fsp3) is 0. The molecule has 0 radical (unpaired) electrons. The second-order valence-corrected chi connectivity index (χ2v) is 6.67. The van der Waals surface area contributed by atoms with Crippen molar-refractivity contribution in [2.24, 2.45) is 10.2 Å². The lowest BCUT2D eigenvalue weighted by Crippen LogP contribution is -1.87. The number of nitro groups is 2. The maximum absolute atomic E-state index is 11.0. The number of fused-ring (bicyclic) bond motifs is 1. The zero-order valence-electron chi connectivity index (χ0n) is 14.3. The summed E-state index contributed by atoms with van der Waals surface area (Å²) in [5, 5.41) is 42.2. The van der Waals surface area contributed by atoms with Crippen molar-refractivity contribution >= 4 is 44.4 Å². The zero-order valence-corrected chi connectivity index (χ0v) is 15.2. The van der Waals surface area contributed by atoms with Crippen LogP contribution in [0, 0.1) is 20.2 Å². The molecule has 4 rings (SSSR count). The predicted octanol–water partition coefficient (Wildman–Crippen LogP) is 5.23. The van der Waals surface area contributed by atoms with Crippen LogP contribution in [0.4, 0.5) is 22.2 Å². The first-order valence-corrected chi connectivity index (χ1v) is 8.91. The first-order chi connectivity index (χ1) is 13.9. The molecular formula is C17H10N6O5S. The van der Waals surface area contributed by atoms with Crippen LogP contribution >= 0.6 is 11.3 Å². The van der Waals surface area contributed by atoms with Gasteiger partial charge in [-0.3, -0.25) is 20.2 Å². The van der Waals surface area contributed by atoms with Crippen molar-refractivity contribution in [3.63, 3.8) is 0 Å². The topological polar surface area (TPSA) is 160 Å². The number of nitro benzene ring substituents is 2. The third kappa shape index (κ3) is 3.51. The van der Waals surface area contributed by atoms with Crippen LogP contribution in [0.15, 0.2) is 58.1 Å². The number of hydrogen-bond donors (Lipinski definition) is 2. The molecule has 11 nitrogen and oxygen atoms in total. The van der Waals surface area contributed by atoms with Crippen LogP contribution in [-0.2, 0) is 0 Å². The van der Waals surface area contributed by atoms with Crippen molar-refractivity contribution in [2.75, 3.05) is 0 Å². The fourth-order valence-corrected chi connectivity index (χ4v) is 3.33. The monoisotopic (exact) mass is 410 g/mol. The van der Waals surface area contributed by atoms with Gasteiger partial charge in [0.05, 0.1) is 21.1 Å². The number of thiazole rings is 1. The maximum Gasteiger partial charge on any atom is 0.270 e. The van der Waals surface area contributed by atoms with Gasteiger partial charge < -0.3 is 10.1 Å². The quantitative estimate of drug-likeness (QED) is 0.260. The predicted molar refractivity (Wildman–Crippen MR) is 105 cm³/mol. The van der Waals surface area contributed by atoms with Gasteiger partial charge in [0.1, 0.15) is 0 Å². The van der Waals surface area contributed by atoms with Crippen LogP contribution in [0.1, 0.15) is 0 Å². The van der Waals surface area contributed by atoms with Crippen molar-refractivity contribution in [3.05, 3.63) is 68.1 Å². The fourth-order valence-electron chi connectivity index (χ4n) is 2.68. The van der Waals surface area contributed by atoms with Crippen molar-refractivity contribution in [1.82, 2.24) is 9.97 Å². The number of nitrogens with zero attached hydrogens (tertiary/aromatic N) is 5. The van der Waals surface area contributed by atoms with E-state index in [2.05, 4.69) is 20.2 Å². The Morgan fingerprint density at radius 2 is 1.79 bits per heavy atom. The molecule has 0 saturated carbocycles. The molecule has 12 heteroatoms. The van der Waals surface area contributed by atoms with Gasteiger partial charge >= 0.3 is 0 Å². The number of hydrogen-bond acceptors (Lipinski definition) is 9. The van der Waals surface area contributed by atoms with Crippen molar-refractivity contribution < 1.29 is 15.0 Å². The molecule has 2 aromatic carbocycles. The summed E-state index contributed by atoms with van der Waals surface area (Å²) in [5.41, 5.74) is 1.38. The van der Waals surface area contributed by atoms with Gasteiger partial charge in [-0.1, -0.05) is 12.1 Å². The van der Waals surface area contributed by atoms with Crippen molar-refractivity contribution in [1.29, 1.82) is 0 Å². The van der Waals surface area contributed by atoms with Crippen molar-refractivity contribution in [3.8, 4) is 17.1 Å². The Morgan fingerprint density at radius 3 is 2.55 bits per heavy atom. The number of nitrogens with one attached hydrogen (secondary N) is 1. The van der Waals surface area contributed by atoms with E-state index in [9.17, 15) is 25.3 Å². The summed E-state index contributed by atoms with van der Waals surface area (Å²) < 4.78 is 0. The molecule has 0 aliphatic rings. The van der Waals surface area contributed by atoms with E-state index in [4.69, 9.17) is 0 Å². The minimum Gasteiger partial charge on any atom is -0.493 e. The second-order valence-electron chi connectivity index (χ2n) is 5.83. The number of benzene rings is 2. The smallest absolute Gasteiger partial charge is 0.270 e. The number of azo groups is 1. The number of H-pyrrole nitrogens is 1. The van der Waals surface area contributed by atoms with E-state index in [0.717, 1.165) is 11.3 Å². The van der Waals surface area contributed by atoms with E-state index in [1.54, 1.807) is 17.5 Å². The Morgan fingerprint density at radius 1 is 1.03 bits per heavy atom. The van der Waals surface area contributed by atoms with Gasteiger partial charge in [0.25, 0.3) is 11.4 Å². The van der Waals surface area contributed by atoms with Crippen LogP contribution < -0.4 is 0 Å². The molecule has 0 bridgehead atoms. The molecule has 0 fully saturated rings. The summed E-state index contributed by atoms with van der Waals surface area (Å²) in [5.74, 6) is -0.278. The molecule has 0 saturated heterocycles. The van der Waals surface area contributed by atoms with Gasteiger partial charge in [-0.25, -0.2) is 4.98 Å². The standard InChI is InChI=1S/C17H10N6O5S/c24-16-15(12-7-11(23(27)28)4-5-13(12)18-16)20-21-17-19-14(8-29-17)9-2-1-3-10(6-9)22(25)26/h1-8,18,24H. The van der Waals surface area contributed by atoms with Gasteiger partial charge in [0.15, 0.2) is 5.69 Å². The lowest BCUT2D eigenvalue weighted by atomic mass is 10.1. The lowest BCUT2D eigenvalue weighted by molar-refractivity contribution is -0.384. The molecule has 2 heterocycles. The van der Waals surface area contributed by atoms with Crippen LogP contribution in [0.3, 0.4) is 0 Å². The van der Waals surface area contributed by atoms with E-state index >= 15 is 0 Å². The highest BCUT2D eigenvalue weighted by Gasteiger charge is 2.15. The normalized spacial score (nSPS) is 11.3. The van der Waals surface area contributed by atoms with Crippen LogP contribution in [0.5, 0.6) is 5.88 Å². The average Bonchev–Trinajstić information content (AvgIpc) is 3.29. The maximum atomic E-state index is 11.0. The van der Waals surface area contributed by atoms with Crippen LogP contribution in [0.25, 0.3) is 22.2 Å². The van der Waals surface area contributed by atoms with Crippen LogP contribution in [0.2, 0.25) is 0 Å². The molecule has 4 aromatic rings. The molecule has 0 unspecified atom stereocenters. The molecule has 0 spiro atoms. The Bertz CT molecular complexity index is 1290. The molecule has 0 amide bonds. The zero-order chi connectivity index (χ0) is 20.5. The van der Waals surface area contributed by atoms with Gasteiger partial charge in [-0.15, -0.1) is 21.6 Å². The van der Waals surface area contributed by atoms with E-state index in [1.807, 2.05) is 0 Å². The van der Waals surface area contributed by atoms with E-state index in [0.29, 0.717) is 22.2 Å². The molecule has 2 aromatic heterocycles. The highest BCUT2D eigenvalue weighted by molar-refractivity contribution is 7.13. The first kappa shape index (κ1) is 18.2. The highest BCUT2D eigenvalue weighted by Crippen LogP contribution is 2.38. The number of non-ortho nitro benzene ring substituents is 2. The third-order valence-electron chi connectivity index (χ3n) is 4.03. The summed E-state index contributed by atoms with van der Waals surface area (Å²) >= 11 is 1.16. The summed E-state index contributed by atoms with van der Waals surface area (Å²) in [6.07, 6.45) is 0. The summed E-state index contributed by atoms with van der Waals surface area (Å²) in [7, 11) is 0. The number of aromatic nitrogens is 2. The Hall–Kier alpha value is -4.19. The van der Waals surface area contributed by atoms with Gasteiger partial charge in [0, 0.05) is 40.6 Å². The number of rotatable bonds is 5. The number of aromatic amines is 1. The molecule has 2 N–H and O–H groups in total. The Kier molecular flexibility index (Phi) is 4.44. The number of aromatic hydroxyl groups is 1. The third-order valence-corrected chi connectivity index (χ3v) is 4.75. The van der Waals surface area contributed by atoms with Crippen molar-refractivity contribution in [2.45, 2.75) is 0 Å². The Labute approximate surface area is 165 Å². The average molecular weight is 410 g/mol. The van der Waals surface area contributed by atoms with E-state index in [1.165, 1.54) is 30.3 Å². The van der Waals surface area contributed by atoms with E-state index in [-0.39, 0.29) is 28.1 Å². The summed E-state index contributed by atoms with van der Waals surface area (Å²) in [6.45, 7) is 0. The van der Waals surface area contributed by atoms with Gasteiger partial charge in [0.2, 0.25) is 11.0 Å². The molecule has 0 aliphatic heterocycles. The SMILES string of the molecule is O=[N+]([O-])c1cccc(-c2csc(N=Nc3c(O)[nH]c4ccc([N+](=O)[O-])cc34)n2)c1. The summed E-state index contributed by atoms with van der Waals surface area (Å²) in [6, 6.07) is 10.1. The minimum atomic E-state index is -0.545. The van der Waals surface area contributed by atoms with Gasteiger partial charge in [-0.2, -0.15) is 0 Å².